The molecule has 1 aromatic rings. The van der Waals surface area contributed by atoms with E-state index in [0.29, 0.717) is 6.04 Å². The number of hydrogen-bond acceptors (Lipinski definition) is 3. The highest BCUT2D eigenvalue weighted by Gasteiger charge is 2.42. The standard InChI is InChI=1S/C19H28N4O/c1-14(15-10-6-4-7-11-15)17-18(20-16-12-8-5-9-13-16)21-19(24)23(17)22(2)3/h4,6-7,10-11,14,16-17H,5,8-9,12-13H2,1-3H3,(H,20,21,24). The van der Waals surface area contributed by atoms with Crippen LogP contribution in [0.4, 0.5) is 4.79 Å². The molecule has 130 valence electrons. The van der Waals surface area contributed by atoms with Crippen LogP contribution in [0.1, 0.15) is 50.5 Å². The molecule has 0 aromatic heterocycles. The topological polar surface area (TPSA) is 47.9 Å². The molecule has 24 heavy (non-hydrogen) atoms. The molecule has 5 nitrogen and oxygen atoms in total. The lowest BCUT2D eigenvalue weighted by Crippen LogP contribution is -2.47. The number of urea groups is 1. The monoisotopic (exact) mass is 328 g/mol. The van der Waals surface area contributed by atoms with E-state index in [1.54, 1.807) is 5.01 Å². The third-order valence-electron chi connectivity index (χ3n) is 5.11. The molecule has 3 rings (SSSR count). The molecule has 2 fully saturated rings. The molecule has 1 aliphatic carbocycles. The fraction of sp³-hybridized carbons (Fsp3) is 0.579. The minimum atomic E-state index is -0.0812. The second kappa shape index (κ2) is 7.34. The molecule has 1 saturated heterocycles. The van der Waals surface area contributed by atoms with Crippen LogP contribution in [0.15, 0.2) is 35.3 Å². The predicted molar refractivity (Wildman–Crippen MR) is 97.0 cm³/mol. The molecule has 5 heteroatoms. The van der Waals surface area contributed by atoms with E-state index in [4.69, 9.17) is 4.99 Å². The molecule has 0 spiro atoms. The van der Waals surface area contributed by atoms with E-state index in [1.807, 2.05) is 37.3 Å². The fourth-order valence-electron chi connectivity index (χ4n) is 3.82. The summed E-state index contributed by atoms with van der Waals surface area (Å²) in [7, 11) is 3.82. The lowest BCUT2D eigenvalue weighted by atomic mass is 9.92. The minimum Gasteiger partial charge on any atom is -0.293 e. The number of nitrogens with one attached hydrogen (secondary N) is 1. The zero-order chi connectivity index (χ0) is 17.1. The molecule has 0 bridgehead atoms. The molecule has 1 heterocycles. The number of amidine groups is 1. The second-order valence-corrected chi connectivity index (χ2v) is 7.07. The molecule has 1 aromatic carbocycles. The highest BCUT2D eigenvalue weighted by molar-refractivity contribution is 6.07. The molecule has 0 radical (unpaired) electrons. The number of carbonyl (C=O) groups is 1. The van der Waals surface area contributed by atoms with Crippen molar-refractivity contribution >= 4 is 11.9 Å². The van der Waals surface area contributed by atoms with Gasteiger partial charge >= 0.3 is 6.03 Å². The number of nitrogens with zero attached hydrogens (tertiary/aromatic N) is 3. The minimum absolute atomic E-state index is 0.0724. The van der Waals surface area contributed by atoms with Gasteiger partial charge in [-0.1, -0.05) is 56.5 Å². The smallest absolute Gasteiger partial charge is 0.293 e. The van der Waals surface area contributed by atoms with E-state index < -0.39 is 0 Å². The zero-order valence-corrected chi connectivity index (χ0v) is 14.9. The van der Waals surface area contributed by atoms with Gasteiger partial charge in [0.2, 0.25) is 0 Å². The summed E-state index contributed by atoms with van der Waals surface area (Å²) in [5.74, 6) is 1.01. The van der Waals surface area contributed by atoms with Crippen molar-refractivity contribution in [3.05, 3.63) is 35.9 Å². The first-order valence-electron chi connectivity index (χ1n) is 8.98. The van der Waals surface area contributed by atoms with Crippen LogP contribution >= 0.6 is 0 Å². The number of hydrazine groups is 1. The van der Waals surface area contributed by atoms with Crippen LogP contribution in [0.5, 0.6) is 0 Å². The largest absolute Gasteiger partial charge is 0.338 e. The molecule has 2 unspecified atom stereocenters. The van der Waals surface area contributed by atoms with Gasteiger partial charge in [-0.2, -0.15) is 0 Å². The summed E-state index contributed by atoms with van der Waals surface area (Å²) in [5.41, 5.74) is 1.22. The Labute approximate surface area is 144 Å². The lowest BCUT2D eigenvalue weighted by Gasteiger charge is -2.33. The second-order valence-electron chi connectivity index (χ2n) is 7.07. The van der Waals surface area contributed by atoms with Crippen molar-refractivity contribution in [2.24, 2.45) is 4.99 Å². The summed E-state index contributed by atoms with van der Waals surface area (Å²) in [6, 6.07) is 10.6. The summed E-state index contributed by atoms with van der Waals surface area (Å²) < 4.78 is 0. The number of amides is 2. The van der Waals surface area contributed by atoms with Gasteiger partial charge < -0.3 is 0 Å². The van der Waals surface area contributed by atoms with Gasteiger partial charge in [-0.3, -0.25) is 10.3 Å². The van der Waals surface area contributed by atoms with Crippen LogP contribution in [-0.4, -0.2) is 48.1 Å². The van der Waals surface area contributed by atoms with Crippen LogP contribution in [-0.2, 0) is 0 Å². The summed E-state index contributed by atoms with van der Waals surface area (Å²) in [5, 5.41) is 6.68. The van der Waals surface area contributed by atoms with Gasteiger partial charge in [0.25, 0.3) is 0 Å². The molecule has 1 N–H and O–H groups in total. The first kappa shape index (κ1) is 17.0. The quantitative estimate of drug-likeness (QED) is 0.921. The predicted octanol–water partition coefficient (Wildman–Crippen LogP) is 3.39. The Kier molecular flexibility index (Phi) is 5.19. The molecular weight excluding hydrogens is 300 g/mol. The molecule has 2 amide bonds. The Balaban J connectivity index is 1.91. The Morgan fingerprint density at radius 2 is 1.83 bits per heavy atom. The Bertz CT molecular complexity index is 593. The maximum absolute atomic E-state index is 12.5. The number of rotatable bonds is 4. The van der Waals surface area contributed by atoms with Crippen molar-refractivity contribution in [1.29, 1.82) is 0 Å². The van der Waals surface area contributed by atoms with Crippen molar-refractivity contribution in [2.45, 2.75) is 57.0 Å². The number of aliphatic imine (C=N–C) groups is 1. The molecule has 2 atom stereocenters. The van der Waals surface area contributed by atoms with Gasteiger partial charge in [0.1, 0.15) is 11.9 Å². The lowest BCUT2D eigenvalue weighted by molar-refractivity contribution is 0.0530. The highest BCUT2D eigenvalue weighted by Crippen LogP contribution is 2.29. The first-order valence-corrected chi connectivity index (χ1v) is 8.98. The average molecular weight is 328 g/mol. The summed E-state index contributed by atoms with van der Waals surface area (Å²) in [6.07, 6.45) is 6.06. The van der Waals surface area contributed by atoms with E-state index in [9.17, 15) is 4.79 Å². The molecular formula is C19H28N4O. The van der Waals surface area contributed by atoms with E-state index in [0.717, 1.165) is 18.7 Å². The number of hydrogen-bond donors (Lipinski definition) is 1. The van der Waals surface area contributed by atoms with Crippen LogP contribution in [0.3, 0.4) is 0 Å². The zero-order valence-electron chi connectivity index (χ0n) is 14.9. The summed E-state index contributed by atoms with van der Waals surface area (Å²) in [4.78, 5) is 17.5. The first-order chi connectivity index (χ1) is 11.6. The van der Waals surface area contributed by atoms with Crippen molar-refractivity contribution in [3.63, 3.8) is 0 Å². The van der Waals surface area contributed by atoms with E-state index in [2.05, 4.69) is 24.4 Å². The third kappa shape index (κ3) is 3.46. The Hall–Kier alpha value is -1.88. The summed E-state index contributed by atoms with van der Waals surface area (Å²) >= 11 is 0. The van der Waals surface area contributed by atoms with Crippen molar-refractivity contribution in [2.75, 3.05) is 14.1 Å². The van der Waals surface area contributed by atoms with Gasteiger partial charge in [0, 0.05) is 20.0 Å². The fourth-order valence-corrected chi connectivity index (χ4v) is 3.82. The van der Waals surface area contributed by atoms with Gasteiger partial charge in [-0.05, 0) is 18.4 Å². The van der Waals surface area contributed by atoms with E-state index in [-0.39, 0.29) is 18.0 Å². The molecule has 1 saturated carbocycles. The Morgan fingerprint density at radius 1 is 1.17 bits per heavy atom. The van der Waals surface area contributed by atoms with Gasteiger partial charge in [-0.15, -0.1) is 0 Å². The number of benzene rings is 1. The number of carbonyl (C=O) groups excluding carboxylic acids is 1. The third-order valence-corrected chi connectivity index (χ3v) is 5.11. The summed E-state index contributed by atoms with van der Waals surface area (Å²) in [6.45, 7) is 2.17. The van der Waals surface area contributed by atoms with Crippen molar-refractivity contribution in [1.82, 2.24) is 15.3 Å². The van der Waals surface area contributed by atoms with Gasteiger partial charge in [-0.25, -0.2) is 14.8 Å². The van der Waals surface area contributed by atoms with Crippen molar-refractivity contribution in [3.8, 4) is 0 Å². The Morgan fingerprint density at radius 3 is 2.46 bits per heavy atom. The normalized spacial score (nSPS) is 25.3. The van der Waals surface area contributed by atoms with E-state index >= 15 is 0 Å². The van der Waals surface area contributed by atoms with Gasteiger partial charge in [0.15, 0.2) is 0 Å². The van der Waals surface area contributed by atoms with Gasteiger partial charge in [0.05, 0.1) is 6.04 Å². The molecule has 1 aliphatic heterocycles. The van der Waals surface area contributed by atoms with E-state index in [1.165, 1.54) is 24.8 Å². The van der Waals surface area contributed by atoms with Crippen molar-refractivity contribution < 1.29 is 4.79 Å². The average Bonchev–Trinajstić information content (AvgIpc) is 2.92. The molecule has 2 aliphatic rings. The van der Waals surface area contributed by atoms with Crippen LogP contribution in [0.2, 0.25) is 0 Å². The van der Waals surface area contributed by atoms with Crippen LogP contribution in [0, 0.1) is 0 Å². The highest BCUT2D eigenvalue weighted by atomic mass is 16.2. The maximum Gasteiger partial charge on any atom is 0.338 e. The van der Waals surface area contributed by atoms with Crippen LogP contribution in [0.25, 0.3) is 0 Å². The maximum atomic E-state index is 12.5. The van der Waals surface area contributed by atoms with Crippen LogP contribution < -0.4 is 5.32 Å². The SMILES string of the molecule is CC(c1ccccc1)C1/C(=N\C2CCCCC2)NC(=O)N1N(C)C.